The lowest BCUT2D eigenvalue weighted by Gasteiger charge is -2.13. The molecule has 1 N–H and O–H groups in total. The number of methoxy groups -OCH3 is 1. The molecule has 6 heteroatoms. The number of hydrogen-bond acceptors (Lipinski definition) is 5. The van der Waals surface area contributed by atoms with E-state index in [0.717, 1.165) is 12.8 Å². The van der Waals surface area contributed by atoms with Crippen LogP contribution >= 0.6 is 0 Å². The molecule has 25 heavy (non-hydrogen) atoms. The lowest BCUT2D eigenvalue weighted by molar-refractivity contribution is 0.400. The maximum atomic E-state index is 12.4. The van der Waals surface area contributed by atoms with Gasteiger partial charge in [-0.25, -0.2) is 0 Å². The van der Waals surface area contributed by atoms with E-state index in [0.29, 0.717) is 29.1 Å². The molecule has 0 radical (unpaired) electrons. The maximum absolute atomic E-state index is 12.4. The number of nitrogens with zero attached hydrogens (tertiary/aromatic N) is 3. The van der Waals surface area contributed by atoms with Crippen LogP contribution in [0.1, 0.15) is 36.5 Å². The first kappa shape index (κ1) is 18.3. The number of aliphatic imine (C=N–C) groups is 1. The standard InChI is InChI=1S/C19H21N3O3/c1-4-5-9-22-18(23)16(11-20)13(2)17(19(22)24)12-21-14-7-6-8-15(10-14)25-3/h6-8,10,12,24H,4-5,9H2,1-3H3. The van der Waals surface area contributed by atoms with Gasteiger partial charge < -0.3 is 9.84 Å². The molecule has 0 spiro atoms. The number of unbranched alkanes of at least 4 members (excludes halogenated alkanes) is 1. The van der Waals surface area contributed by atoms with Crippen molar-refractivity contribution in [3.8, 4) is 17.7 Å². The fraction of sp³-hybridized carbons (Fsp3) is 0.316. The van der Waals surface area contributed by atoms with Crippen molar-refractivity contribution < 1.29 is 9.84 Å². The first-order valence-corrected chi connectivity index (χ1v) is 8.08. The van der Waals surface area contributed by atoms with E-state index in [1.807, 2.05) is 13.0 Å². The average Bonchev–Trinajstić information content (AvgIpc) is 2.62. The van der Waals surface area contributed by atoms with Gasteiger partial charge in [-0.1, -0.05) is 19.4 Å². The number of benzene rings is 1. The molecular weight excluding hydrogens is 318 g/mol. The van der Waals surface area contributed by atoms with Crippen LogP contribution < -0.4 is 10.3 Å². The van der Waals surface area contributed by atoms with Gasteiger partial charge in [-0.05, 0) is 31.0 Å². The van der Waals surface area contributed by atoms with E-state index in [4.69, 9.17) is 4.74 Å². The largest absolute Gasteiger partial charge is 0.497 e. The highest BCUT2D eigenvalue weighted by Gasteiger charge is 2.17. The summed E-state index contributed by atoms with van der Waals surface area (Å²) in [5.41, 5.74) is 0.993. The summed E-state index contributed by atoms with van der Waals surface area (Å²) in [5.74, 6) is 0.503. The second-order valence-electron chi connectivity index (χ2n) is 5.62. The number of rotatable bonds is 6. The van der Waals surface area contributed by atoms with Gasteiger partial charge in [0.15, 0.2) is 0 Å². The monoisotopic (exact) mass is 339 g/mol. The predicted molar refractivity (Wildman–Crippen MR) is 97.0 cm³/mol. The normalized spacial score (nSPS) is 10.8. The van der Waals surface area contributed by atoms with Crippen molar-refractivity contribution in [3.05, 3.63) is 51.3 Å². The number of ether oxygens (including phenoxy) is 1. The van der Waals surface area contributed by atoms with Gasteiger partial charge in [0.25, 0.3) is 5.56 Å². The zero-order valence-electron chi connectivity index (χ0n) is 14.6. The fourth-order valence-corrected chi connectivity index (χ4v) is 2.48. The van der Waals surface area contributed by atoms with E-state index in [2.05, 4.69) is 4.99 Å². The van der Waals surface area contributed by atoms with Crippen LogP contribution in [0, 0.1) is 18.3 Å². The Labute approximate surface area is 146 Å². The molecule has 0 unspecified atom stereocenters. The third-order valence-electron chi connectivity index (χ3n) is 3.98. The highest BCUT2D eigenvalue weighted by molar-refractivity contribution is 5.87. The molecule has 0 atom stereocenters. The van der Waals surface area contributed by atoms with Gasteiger partial charge in [0.05, 0.1) is 18.4 Å². The molecule has 1 aromatic heterocycles. The Morgan fingerprint density at radius 1 is 1.44 bits per heavy atom. The summed E-state index contributed by atoms with van der Waals surface area (Å²) in [7, 11) is 1.57. The van der Waals surface area contributed by atoms with Gasteiger partial charge in [-0.15, -0.1) is 0 Å². The average molecular weight is 339 g/mol. The lowest BCUT2D eigenvalue weighted by Crippen LogP contribution is -2.25. The molecule has 0 amide bonds. The van der Waals surface area contributed by atoms with Crippen LogP contribution in [0.15, 0.2) is 34.1 Å². The number of aromatic nitrogens is 1. The van der Waals surface area contributed by atoms with Crippen molar-refractivity contribution in [2.24, 2.45) is 4.99 Å². The van der Waals surface area contributed by atoms with Crippen LogP contribution in [0.25, 0.3) is 0 Å². The van der Waals surface area contributed by atoms with Crippen LogP contribution in [0.2, 0.25) is 0 Å². The van der Waals surface area contributed by atoms with E-state index < -0.39 is 5.56 Å². The van der Waals surface area contributed by atoms with Crippen LogP contribution in [-0.4, -0.2) is 23.0 Å². The Hall–Kier alpha value is -3.07. The topological polar surface area (TPSA) is 87.6 Å². The summed E-state index contributed by atoms with van der Waals surface area (Å²) < 4.78 is 6.40. The number of pyridine rings is 1. The zero-order valence-corrected chi connectivity index (χ0v) is 14.6. The third kappa shape index (κ3) is 3.89. The van der Waals surface area contributed by atoms with Crippen molar-refractivity contribution in [2.75, 3.05) is 7.11 Å². The van der Waals surface area contributed by atoms with Crippen LogP contribution in [0.3, 0.4) is 0 Å². The van der Waals surface area contributed by atoms with Gasteiger partial charge in [0, 0.05) is 18.8 Å². The zero-order chi connectivity index (χ0) is 18.4. The van der Waals surface area contributed by atoms with E-state index >= 15 is 0 Å². The molecule has 0 fully saturated rings. The van der Waals surface area contributed by atoms with Gasteiger partial charge in [-0.2, -0.15) is 5.26 Å². The highest BCUT2D eigenvalue weighted by atomic mass is 16.5. The summed E-state index contributed by atoms with van der Waals surface area (Å²) in [6.07, 6.45) is 3.07. The molecule has 0 aliphatic heterocycles. The van der Waals surface area contributed by atoms with Gasteiger partial charge in [-0.3, -0.25) is 14.4 Å². The SMILES string of the molecule is CCCCn1c(O)c(C=Nc2cccc(OC)c2)c(C)c(C#N)c1=O. The highest BCUT2D eigenvalue weighted by Crippen LogP contribution is 2.23. The number of aromatic hydroxyl groups is 1. The quantitative estimate of drug-likeness (QED) is 0.818. The summed E-state index contributed by atoms with van der Waals surface area (Å²) in [6, 6.07) is 9.10. The molecule has 0 aliphatic carbocycles. The predicted octanol–water partition coefficient (Wildman–Crippen LogP) is 3.29. The minimum atomic E-state index is -0.468. The van der Waals surface area contributed by atoms with Crippen LogP contribution in [0.5, 0.6) is 11.6 Å². The van der Waals surface area contributed by atoms with Crippen molar-refractivity contribution in [1.82, 2.24) is 4.57 Å². The molecule has 6 nitrogen and oxygen atoms in total. The molecule has 2 rings (SSSR count). The van der Waals surface area contributed by atoms with E-state index in [9.17, 15) is 15.2 Å². The molecule has 1 heterocycles. The summed E-state index contributed by atoms with van der Waals surface area (Å²) in [6.45, 7) is 3.99. The molecule has 0 saturated carbocycles. The Kier molecular flexibility index (Phi) is 5.96. The molecule has 2 aromatic rings. The Morgan fingerprint density at radius 3 is 2.84 bits per heavy atom. The van der Waals surface area contributed by atoms with Gasteiger partial charge in [0.2, 0.25) is 5.88 Å². The van der Waals surface area contributed by atoms with Crippen molar-refractivity contribution in [2.45, 2.75) is 33.2 Å². The van der Waals surface area contributed by atoms with E-state index in [-0.39, 0.29) is 11.4 Å². The fourth-order valence-electron chi connectivity index (χ4n) is 2.48. The minimum Gasteiger partial charge on any atom is -0.497 e. The second kappa shape index (κ2) is 8.15. The Balaban J connectivity index is 2.54. The van der Waals surface area contributed by atoms with E-state index in [1.54, 1.807) is 38.3 Å². The van der Waals surface area contributed by atoms with Crippen LogP contribution in [-0.2, 0) is 6.54 Å². The van der Waals surface area contributed by atoms with E-state index in [1.165, 1.54) is 10.8 Å². The summed E-state index contributed by atoms with van der Waals surface area (Å²) in [4.78, 5) is 16.7. The lowest BCUT2D eigenvalue weighted by atomic mass is 10.1. The summed E-state index contributed by atoms with van der Waals surface area (Å²) >= 11 is 0. The van der Waals surface area contributed by atoms with Gasteiger partial charge >= 0.3 is 0 Å². The Morgan fingerprint density at radius 2 is 2.20 bits per heavy atom. The second-order valence-corrected chi connectivity index (χ2v) is 5.62. The first-order chi connectivity index (χ1) is 12.0. The van der Waals surface area contributed by atoms with Gasteiger partial charge in [0.1, 0.15) is 17.4 Å². The Bertz CT molecular complexity index is 892. The smallest absolute Gasteiger partial charge is 0.271 e. The molecule has 0 bridgehead atoms. The molecule has 130 valence electrons. The maximum Gasteiger partial charge on any atom is 0.271 e. The molecule has 0 aliphatic rings. The van der Waals surface area contributed by atoms with Crippen molar-refractivity contribution in [3.63, 3.8) is 0 Å². The minimum absolute atomic E-state index is 0.0287. The molecular formula is C19H21N3O3. The third-order valence-corrected chi connectivity index (χ3v) is 3.98. The first-order valence-electron chi connectivity index (χ1n) is 8.08. The number of nitriles is 1. The summed E-state index contributed by atoms with van der Waals surface area (Å²) in [5, 5.41) is 19.8. The molecule has 0 saturated heterocycles. The molecule has 1 aromatic carbocycles. The van der Waals surface area contributed by atoms with Crippen molar-refractivity contribution in [1.29, 1.82) is 5.26 Å². The van der Waals surface area contributed by atoms with Crippen LogP contribution in [0.4, 0.5) is 5.69 Å². The van der Waals surface area contributed by atoms with Crippen molar-refractivity contribution >= 4 is 11.9 Å². The number of hydrogen-bond donors (Lipinski definition) is 1.